The molecule has 0 radical (unpaired) electrons. The lowest BCUT2D eigenvalue weighted by Crippen LogP contribution is -2.38. The number of sulfone groups is 1. The molecule has 138 valence electrons. The zero-order valence-electron chi connectivity index (χ0n) is 14.7. The van der Waals surface area contributed by atoms with Crippen LogP contribution >= 0.6 is 0 Å². The standard InChI is InChI=1S/C17H21N5O3S/c1-12-9-15(16(23)22(2)14-5-8-26(24,25)11-14)21-17(20-12)19-10-13-3-6-18-7-4-13/h3-4,6-7,9,14H,5,8,10-11H2,1-2H3,(H,19,20,21). The molecule has 8 nitrogen and oxygen atoms in total. The lowest BCUT2D eigenvalue weighted by atomic mass is 10.2. The quantitative estimate of drug-likeness (QED) is 0.833. The Morgan fingerprint density at radius 2 is 2.04 bits per heavy atom. The van der Waals surface area contributed by atoms with E-state index in [-0.39, 0.29) is 29.1 Å². The third kappa shape index (κ3) is 4.34. The van der Waals surface area contributed by atoms with Gasteiger partial charge in [-0.05, 0) is 37.1 Å². The van der Waals surface area contributed by atoms with E-state index in [2.05, 4.69) is 20.3 Å². The van der Waals surface area contributed by atoms with Gasteiger partial charge < -0.3 is 10.2 Å². The number of nitrogens with zero attached hydrogens (tertiary/aromatic N) is 4. The molecule has 2 aromatic rings. The monoisotopic (exact) mass is 375 g/mol. The summed E-state index contributed by atoms with van der Waals surface area (Å²) in [7, 11) is -1.44. The molecule has 1 N–H and O–H groups in total. The van der Waals surface area contributed by atoms with Crippen LogP contribution in [-0.4, -0.2) is 58.8 Å². The Hall–Kier alpha value is -2.55. The van der Waals surface area contributed by atoms with Gasteiger partial charge >= 0.3 is 0 Å². The van der Waals surface area contributed by atoms with Gasteiger partial charge in [0.05, 0.1) is 11.5 Å². The van der Waals surface area contributed by atoms with Gasteiger partial charge in [0, 0.05) is 37.7 Å². The van der Waals surface area contributed by atoms with Crippen molar-refractivity contribution in [3.8, 4) is 0 Å². The van der Waals surface area contributed by atoms with Crippen LogP contribution in [0.2, 0.25) is 0 Å². The van der Waals surface area contributed by atoms with E-state index >= 15 is 0 Å². The Bertz CT molecular complexity index is 902. The Morgan fingerprint density at radius 3 is 2.69 bits per heavy atom. The van der Waals surface area contributed by atoms with E-state index in [0.717, 1.165) is 5.56 Å². The van der Waals surface area contributed by atoms with Gasteiger partial charge in [-0.1, -0.05) is 0 Å². The van der Waals surface area contributed by atoms with E-state index in [1.54, 1.807) is 32.4 Å². The van der Waals surface area contributed by atoms with Crippen LogP contribution in [0.1, 0.15) is 28.2 Å². The summed E-state index contributed by atoms with van der Waals surface area (Å²) in [6.07, 6.45) is 3.86. The molecule has 3 heterocycles. The van der Waals surface area contributed by atoms with Gasteiger partial charge in [-0.3, -0.25) is 9.78 Å². The molecule has 0 aliphatic carbocycles. The second-order valence-corrected chi connectivity index (χ2v) is 8.63. The molecular formula is C17H21N5O3S. The van der Waals surface area contributed by atoms with Crippen LogP contribution in [0.15, 0.2) is 30.6 Å². The minimum atomic E-state index is -3.06. The summed E-state index contributed by atoms with van der Waals surface area (Å²) >= 11 is 0. The molecule has 1 aliphatic rings. The van der Waals surface area contributed by atoms with Crippen LogP contribution in [0.3, 0.4) is 0 Å². The van der Waals surface area contributed by atoms with Crippen LogP contribution in [0.25, 0.3) is 0 Å². The highest BCUT2D eigenvalue weighted by Crippen LogP contribution is 2.18. The number of aryl methyl sites for hydroxylation is 1. The summed E-state index contributed by atoms with van der Waals surface area (Å²) in [5, 5.41) is 3.10. The van der Waals surface area contributed by atoms with E-state index in [1.807, 2.05) is 12.1 Å². The summed E-state index contributed by atoms with van der Waals surface area (Å²) in [6.45, 7) is 2.30. The Kier molecular flexibility index (Phi) is 5.17. The number of nitrogens with one attached hydrogen (secondary N) is 1. The number of pyridine rings is 1. The first kappa shape index (κ1) is 18.2. The van der Waals surface area contributed by atoms with Gasteiger partial charge in [0.1, 0.15) is 5.69 Å². The molecule has 26 heavy (non-hydrogen) atoms. The Balaban J connectivity index is 1.73. The molecule has 0 bridgehead atoms. The minimum Gasteiger partial charge on any atom is -0.350 e. The van der Waals surface area contributed by atoms with Crippen LogP contribution < -0.4 is 5.32 Å². The predicted octanol–water partition coefficient (Wildman–Crippen LogP) is 1.05. The first-order valence-electron chi connectivity index (χ1n) is 8.30. The molecule has 1 aliphatic heterocycles. The molecule has 1 atom stereocenters. The molecule has 2 aromatic heterocycles. The number of anilines is 1. The normalized spacial score (nSPS) is 18.5. The molecular weight excluding hydrogens is 354 g/mol. The summed E-state index contributed by atoms with van der Waals surface area (Å²) in [4.78, 5) is 26.8. The van der Waals surface area contributed by atoms with Gasteiger partial charge in [0.2, 0.25) is 5.95 Å². The van der Waals surface area contributed by atoms with Crippen LogP contribution in [0, 0.1) is 6.92 Å². The third-order valence-electron chi connectivity index (χ3n) is 4.35. The highest BCUT2D eigenvalue weighted by atomic mass is 32.2. The zero-order valence-corrected chi connectivity index (χ0v) is 15.5. The molecule has 1 saturated heterocycles. The summed E-state index contributed by atoms with van der Waals surface area (Å²) in [5.41, 5.74) is 1.93. The van der Waals surface area contributed by atoms with Crippen LogP contribution in [-0.2, 0) is 16.4 Å². The van der Waals surface area contributed by atoms with Gasteiger partial charge in [-0.25, -0.2) is 18.4 Å². The Morgan fingerprint density at radius 1 is 1.31 bits per heavy atom. The van der Waals surface area contributed by atoms with Gasteiger partial charge in [-0.2, -0.15) is 0 Å². The number of carbonyl (C=O) groups is 1. The highest BCUT2D eigenvalue weighted by molar-refractivity contribution is 7.91. The number of carbonyl (C=O) groups excluding carboxylic acids is 1. The molecule has 0 saturated carbocycles. The van der Waals surface area contributed by atoms with Crippen molar-refractivity contribution in [1.29, 1.82) is 0 Å². The largest absolute Gasteiger partial charge is 0.350 e. The summed E-state index contributed by atoms with van der Waals surface area (Å²) in [6, 6.07) is 5.06. The van der Waals surface area contributed by atoms with Crippen LogP contribution in [0.5, 0.6) is 0 Å². The summed E-state index contributed by atoms with van der Waals surface area (Å²) < 4.78 is 23.3. The second-order valence-electron chi connectivity index (χ2n) is 6.40. The fourth-order valence-electron chi connectivity index (χ4n) is 2.87. The van der Waals surface area contributed by atoms with Crippen molar-refractivity contribution in [3.05, 3.63) is 47.5 Å². The van der Waals surface area contributed by atoms with Gasteiger partial charge in [-0.15, -0.1) is 0 Å². The molecule has 1 amide bonds. The maximum atomic E-state index is 12.7. The average molecular weight is 375 g/mol. The molecule has 1 fully saturated rings. The minimum absolute atomic E-state index is 0.00640. The molecule has 1 unspecified atom stereocenters. The first-order valence-corrected chi connectivity index (χ1v) is 10.1. The second kappa shape index (κ2) is 7.36. The molecule has 3 rings (SSSR count). The third-order valence-corrected chi connectivity index (χ3v) is 6.10. The lowest BCUT2D eigenvalue weighted by Gasteiger charge is -2.23. The molecule has 0 aromatic carbocycles. The highest BCUT2D eigenvalue weighted by Gasteiger charge is 2.33. The topological polar surface area (TPSA) is 105 Å². The Labute approximate surface area is 152 Å². The fraction of sp³-hybridized carbons (Fsp3) is 0.412. The van der Waals surface area contributed by atoms with Crippen LogP contribution in [0.4, 0.5) is 5.95 Å². The zero-order chi connectivity index (χ0) is 18.7. The first-order chi connectivity index (χ1) is 12.3. The van der Waals surface area contributed by atoms with E-state index < -0.39 is 9.84 Å². The van der Waals surface area contributed by atoms with Gasteiger partial charge in [0.25, 0.3) is 5.91 Å². The van der Waals surface area contributed by atoms with E-state index in [9.17, 15) is 13.2 Å². The SMILES string of the molecule is Cc1cc(C(=O)N(C)C2CCS(=O)(=O)C2)nc(NCc2ccncc2)n1. The van der Waals surface area contributed by atoms with Crippen molar-refractivity contribution in [2.75, 3.05) is 23.9 Å². The molecule has 9 heteroatoms. The predicted molar refractivity (Wildman–Crippen MR) is 97.5 cm³/mol. The van der Waals surface area contributed by atoms with E-state index in [1.165, 1.54) is 4.90 Å². The fourth-order valence-corrected chi connectivity index (χ4v) is 4.64. The van der Waals surface area contributed by atoms with Gasteiger partial charge in [0.15, 0.2) is 9.84 Å². The van der Waals surface area contributed by atoms with Crippen molar-refractivity contribution >= 4 is 21.7 Å². The maximum Gasteiger partial charge on any atom is 0.272 e. The average Bonchev–Trinajstić information content (AvgIpc) is 2.99. The number of aromatic nitrogens is 3. The number of hydrogen-bond acceptors (Lipinski definition) is 7. The van der Waals surface area contributed by atoms with E-state index in [0.29, 0.717) is 24.6 Å². The van der Waals surface area contributed by atoms with Crippen molar-refractivity contribution in [2.45, 2.75) is 25.9 Å². The smallest absolute Gasteiger partial charge is 0.272 e. The van der Waals surface area contributed by atoms with Crippen molar-refractivity contribution < 1.29 is 13.2 Å². The molecule has 0 spiro atoms. The lowest BCUT2D eigenvalue weighted by molar-refractivity contribution is 0.0741. The number of amides is 1. The number of rotatable bonds is 5. The number of hydrogen-bond donors (Lipinski definition) is 1. The van der Waals surface area contributed by atoms with Crippen molar-refractivity contribution in [2.24, 2.45) is 0 Å². The summed E-state index contributed by atoms with van der Waals surface area (Å²) in [5.74, 6) is 0.186. The van der Waals surface area contributed by atoms with E-state index in [4.69, 9.17) is 0 Å². The maximum absolute atomic E-state index is 12.7. The van der Waals surface area contributed by atoms with Crippen molar-refractivity contribution in [3.63, 3.8) is 0 Å². The van der Waals surface area contributed by atoms with Crippen molar-refractivity contribution in [1.82, 2.24) is 19.9 Å².